The van der Waals surface area contributed by atoms with Crippen LogP contribution in [0.2, 0.25) is 0 Å². The molecule has 6 heteroatoms. The Kier molecular flexibility index (Phi) is 3.92. The van der Waals surface area contributed by atoms with Gasteiger partial charge in [0.05, 0.1) is 0 Å². The van der Waals surface area contributed by atoms with Crippen LogP contribution in [0, 0.1) is 6.92 Å². The van der Waals surface area contributed by atoms with Crippen LogP contribution in [-0.4, -0.2) is 26.4 Å². The van der Waals surface area contributed by atoms with E-state index in [2.05, 4.69) is 36.8 Å². The minimum Gasteiger partial charge on any atom is -0.338 e. The molecule has 25 heavy (non-hydrogen) atoms. The van der Waals surface area contributed by atoms with Crippen LogP contribution in [0.15, 0.2) is 59.7 Å². The van der Waals surface area contributed by atoms with Crippen molar-refractivity contribution in [2.45, 2.75) is 6.92 Å². The maximum atomic E-state index is 4.42. The first-order chi connectivity index (χ1) is 12.3. The van der Waals surface area contributed by atoms with Gasteiger partial charge in [0.2, 0.25) is 0 Å². The summed E-state index contributed by atoms with van der Waals surface area (Å²) in [6.45, 7) is 2.05. The predicted molar refractivity (Wildman–Crippen MR) is 102 cm³/mol. The van der Waals surface area contributed by atoms with Crippen molar-refractivity contribution < 1.29 is 0 Å². The molecule has 122 valence electrons. The predicted octanol–water partition coefficient (Wildman–Crippen LogP) is 3.93. The van der Waals surface area contributed by atoms with E-state index >= 15 is 0 Å². The zero-order valence-electron chi connectivity index (χ0n) is 13.6. The van der Waals surface area contributed by atoms with Crippen LogP contribution in [0.4, 0.5) is 5.95 Å². The minimum absolute atomic E-state index is 0.347. The van der Waals surface area contributed by atoms with Crippen LogP contribution in [-0.2, 0) is 0 Å². The normalized spacial score (nSPS) is 11.9. The van der Waals surface area contributed by atoms with Gasteiger partial charge in [-0.2, -0.15) is 10.1 Å². The smallest absolute Gasteiger partial charge is 0.265 e. The van der Waals surface area contributed by atoms with Gasteiger partial charge in [-0.05, 0) is 30.7 Å². The summed E-state index contributed by atoms with van der Waals surface area (Å²) in [5.41, 5.74) is 7.52. The van der Waals surface area contributed by atoms with Gasteiger partial charge < -0.3 is 4.98 Å². The first-order valence-electron chi connectivity index (χ1n) is 7.93. The average molecular weight is 328 g/mol. The number of allylic oxidation sites excluding steroid dienone is 1. The number of nitrogens with zero attached hydrogens (tertiary/aromatic N) is 4. The number of aromatic amines is 1. The average Bonchev–Trinajstić information content (AvgIpc) is 2.99. The highest BCUT2D eigenvalue weighted by Gasteiger charge is 2.08. The van der Waals surface area contributed by atoms with Gasteiger partial charge in [0.25, 0.3) is 5.95 Å². The van der Waals surface area contributed by atoms with Crippen molar-refractivity contribution in [1.29, 1.82) is 0 Å². The Labute approximate surface area is 144 Å². The van der Waals surface area contributed by atoms with E-state index in [0.29, 0.717) is 11.6 Å². The molecule has 4 aromatic rings. The fraction of sp³-hybridized carbons (Fsp3) is 0.0526. The molecule has 2 N–H and O–H groups in total. The molecule has 2 aromatic carbocycles. The van der Waals surface area contributed by atoms with Gasteiger partial charge in [-0.3, -0.25) is 0 Å². The molecule has 0 unspecified atom stereocenters. The number of nitrogens with one attached hydrogen (secondary N) is 2. The lowest BCUT2D eigenvalue weighted by atomic mass is 10.2. The van der Waals surface area contributed by atoms with Crippen molar-refractivity contribution in [1.82, 2.24) is 20.2 Å². The largest absolute Gasteiger partial charge is 0.338 e. The number of anilines is 1. The zero-order valence-corrected chi connectivity index (χ0v) is 13.6. The summed E-state index contributed by atoms with van der Waals surface area (Å²) < 4.78 is 0. The molecule has 0 spiro atoms. The van der Waals surface area contributed by atoms with Gasteiger partial charge >= 0.3 is 0 Å². The van der Waals surface area contributed by atoms with E-state index in [1.54, 1.807) is 6.21 Å². The molecule has 6 nitrogen and oxygen atoms in total. The summed E-state index contributed by atoms with van der Waals surface area (Å²) in [6, 6.07) is 16.2. The maximum absolute atomic E-state index is 4.42. The molecule has 4 rings (SSSR count). The summed E-state index contributed by atoms with van der Waals surface area (Å²) >= 11 is 0. The van der Waals surface area contributed by atoms with E-state index in [1.807, 2.05) is 61.5 Å². The molecule has 0 aliphatic rings. The molecule has 0 radical (unpaired) electrons. The van der Waals surface area contributed by atoms with E-state index in [1.165, 1.54) is 5.56 Å². The van der Waals surface area contributed by atoms with Crippen molar-refractivity contribution in [3.63, 3.8) is 0 Å². The Hall–Kier alpha value is -3.54. The van der Waals surface area contributed by atoms with Gasteiger partial charge in [-0.25, -0.2) is 5.43 Å². The zero-order chi connectivity index (χ0) is 17.1. The summed E-state index contributed by atoms with van der Waals surface area (Å²) in [4.78, 5) is 7.67. The summed E-state index contributed by atoms with van der Waals surface area (Å²) in [7, 11) is 0. The summed E-state index contributed by atoms with van der Waals surface area (Å²) in [6.07, 6.45) is 5.46. The van der Waals surface area contributed by atoms with Crippen molar-refractivity contribution in [2.24, 2.45) is 5.10 Å². The second-order valence-corrected chi connectivity index (χ2v) is 5.67. The van der Waals surface area contributed by atoms with Gasteiger partial charge in [0, 0.05) is 17.1 Å². The van der Waals surface area contributed by atoms with Crippen molar-refractivity contribution in [2.75, 3.05) is 5.43 Å². The van der Waals surface area contributed by atoms with Crippen LogP contribution in [0.25, 0.3) is 28.1 Å². The Morgan fingerprint density at radius 2 is 1.96 bits per heavy atom. The second kappa shape index (κ2) is 6.52. The van der Waals surface area contributed by atoms with Crippen molar-refractivity contribution in [3.8, 4) is 0 Å². The Bertz CT molecular complexity index is 1080. The van der Waals surface area contributed by atoms with Crippen LogP contribution < -0.4 is 5.43 Å². The third-order valence-electron chi connectivity index (χ3n) is 3.78. The molecule has 2 heterocycles. The van der Waals surface area contributed by atoms with Gasteiger partial charge in [0.1, 0.15) is 5.52 Å². The molecule has 0 amide bonds. The van der Waals surface area contributed by atoms with E-state index in [-0.39, 0.29) is 0 Å². The number of aryl methyl sites for hydroxylation is 1. The van der Waals surface area contributed by atoms with Crippen LogP contribution >= 0.6 is 0 Å². The molecular formula is C19H16N6. The first-order valence-corrected chi connectivity index (χ1v) is 7.93. The van der Waals surface area contributed by atoms with Gasteiger partial charge in [-0.15, -0.1) is 10.2 Å². The third kappa shape index (κ3) is 3.23. The number of benzene rings is 2. The number of rotatable bonds is 4. The molecule has 0 aliphatic carbocycles. The lowest BCUT2D eigenvalue weighted by Gasteiger charge is -1.96. The van der Waals surface area contributed by atoms with Crippen LogP contribution in [0.1, 0.15) is 11.1 Å². The SMILES string of the molecule is Cc1ccc2[nH]c3nc(NN=CC=Cc4ccccc4)nnc3c2c1. The molecule has 0 saturated heterocycles. The molecule has 0 fully saturated rings. The fourth-order valence-electron chi connectivity index (χ4n) is 2.59. The van der Waals surface area contributed by atoms with E-state index in [9.17, 15) is 0 Å². The Morgan fingerprint density at radius 1 is 1.08 bits per heavy atom. The highest BCUT2D eigenvalue weighted by atomic mass is 15.4. The molecule has 0 aliphatic heterocycles. The standard InChI is InChI=1S/C19H16N6/c1-13-9-10-16-15(12-13)17-18(21-16)22-19(25-23-17)24-20-11-5-8-14-6-3-2-4-7-14/h2-12H,1H3,(H2,21,22,24,25). The quantitative estimate of drug-likeness (QED) is 0.439. The minimum atomic E-state index is 0.347. The van der Waals surface area contributed by atoms with E-state index < -0.39 is 0 Å². The number of H-pyrrole nitrogens is 1. The molecule has 0 saturated carbocycles. The van der Waals surface area contributed by atoms with Crippen LogP contribution in [0.3, 0.4) is 0 Å². The van der Waals surface area contributed by atoms with Crippen molar-refractivity contribution in [3.05, 3.63) is 65.7 Å². The fourth-order valence-corrected chi connectivity index (χ4v) is 2.59. The lowest BCUT2D eigenvalue weighted by Crippen LogP contribution is -1.98. The second-order valence-electron chi connectivity index (χ2n) is 5.67. The van der Waals surface area contributed by atoms with Crippen molar-refractivity contribution >= 4 is 40.3 Å². The Balaban J connectivity index is 1.51. The number of hydrogen-bond acceptors (Lipinski definition) is 5. The monoisotopic (exact) mass is 328 g/mol. The number of fused-ring (bicyclic) bond motifs is 3. The third-order valence-corrected chi connectivity index (χ3v) is 3.78. The molecule has 0 atom stereocenters. The lowest BCUT2D eigenvalue weighted by molar-refractivity contribution is 1.01. The summed E-state index contributed by atoms with van der Waals surface area (Å²) in [5.74, 6) is 0.347. The maximum Gasteiger partial charge on any atom is 0.265 e. The summed E-state index contributed by atoms with van der Waals surface area (Å²) in [5, 5.41) is 13.5. The number of hydrogen-bond donors (Lipinski definition) is 2. The van der Waals surface area contributed by atoms with E-state index in [0.717, 1.165) is 22.0 Å². The highest BCUT2D eigenvalue weighted by Crippen LogP contribution is 2.23. The molecule has 2 aromatic heterocycles. The van der Waals surface area contributed by atoms with Crippen LogP contribution in [0.5, 0.6) is 0 Å². The molecule has 0 bridgehead atoms. The number of hydrazone groups is 1. The molecular weight excluding hydrogens is 312 g/mol. The Morgan fingerprint density at radius 3 is 2.84 bits per heavy atom. The first kappa shape index (κ1) is 15.0. The highest BCUT2D eigenvalue weighted by molar-refractivity contribution is 6.03. The van der Waals surface area contributed by atoms with Gasteiger partial charge in [-0.1, -0.05) is 48.0 Å². The van der Waals surface area contributed by atoms with E-state index in [4.69, 9.17) is 0 Å². The topological polar surface area (TPSA) is 78.9 Å². The van der Waals surface area contributed by atoms with Gasteiger partial charge in [0.15, 0.2) is 5.65 Å². The number of aromatic nitrogens is 4.